The van der Waals surface area contributed by atoms with E-state index < -0.39 is 0 Å². The first-order valence-electron chi connectivity index (χ1n) is 10.1. The summed E-state index contributed by atoms with van der Waals surface area (Å²) in [7, 11) is 0. The standard InChI is InChI=1S/C23H26N4O/c1-22(2)16-7-10-23(3,14-16)21(22)25-19(28)20-26-13-5-4-6-18(26)15-27(20)17-8-11-24-12-9-17/h4-6,8-9,11-13,15-16,21H,7,10,14H2,1-3H3/p+1/t16-,21+,23+/m1/s1. The number of hydrogen-bond acceptors (Lipinski definition) is 2. The van der Waals surface area contributed by atoms with E-state index in [1.807, 2.05) is 51.7 Å². The molecule has 144 valence electrons. The monoisotopic (exact) mass is 375 g/mol. The molecule has 2 bridgehead atoms. The van der Waals surface area contributed by atoms with E-state index in [-0.39, 0.29) is 22.8 Å². The molecule has 3 atom stereocenters. The van der Waals surface area contributed by atoms with Crippen LogP contribution in [0, 0.1) is 16.7 Å². The Hall–Kier alpha value is -2.69. The molecular formula is C23H27N4O+. The van der Waals surface area contributed by atoms with E-state index in [0.29, 0.717) is 11.7 Å². The van der Waals surface area contributed by atoms with Gasteiger partial charge in [-0.2, -0.15) is 8.97 Å². The summed E-state index contributed by atoms with van der Waals surface area (Å²) in [4.78, 5) is 17.7. The van der Waals surface area contributed by atoms with E-state index in [2.05, 4.69) is 31.1 Å². The number of rotatable bonds is 3. The van der Waals surface area contributed by atoms with E-state index in [9.17, 15) is 4.79 Å². The molecule has 2 aliphatic carbocycles. The molecule has 5 heteroatoms. The number of nitrogens with zero attached hydrogens (tertiary/aromatic N) is 3. The Morgan fingerprint density at radius 1 is 1.21 bits per heavy atom. The summed E-state index contributed by atoms with van der Waals surface area (Å²) in [6, 6.07) is 10.0. The largest absolute Gasteiger partial charge is 0.358 e. The normalized spacial score (nSPS) is 28.0. The molecule has 2 saturated carbocycles. The highest BCUT2D eigenvalue weighted by atomic mass is 16.2. The summed E-state index contributed by atoms with van der Waals surface area (Å²) < 4.78 is 3.94. The lowest BCUT2D eigenvalue weighted by Gasteiger charge is -2.42. The fourth-order valence-electron chi connectivity index (χ4n) is 5.84. The maximum atomic E-state index is 13.6. The van der Waals surface area contributed by atoms with Crippen molar-refractivity contribution in [3.05, 3.63) is 60.9 Å². The summed E-state index contributed by atoms with van der Waals surface area (Å²) in [6.45, 7) is 6.99. The van der Waals surface area contributed by atoms with E-state index >= 15 is 0 Å². The van der Waals surface area contributed by atoms with Crippen molar-refractivity contribution in [2.75, 3.05) is 0 Å². The molecule has 0 spiro atoms. The highest BCUT2D eigenvalue weighted by Crippen LogP contribution is 2.62. The number of carbonyl (C=O) groups is 1. The molecule has 28 heavy (non-hydrogen) atoms. The molecule has 5 rings (SSSR count). The molecule has 0 radical (unpaired) electrons. The van der Waals surface area contributed by atoms with Gasteiger partial charge in [-0.1, -0.05) is 26.8 Å². The number of nitrogens with one attached hydrogen (secondary N) is 1. The SMILES string of the molecule is CC1(C)[C@@H]2CC[C@@](C)(C2)[C@H]1NC(=O)c1n2ccccc2c[n+]1-c1ccncc1. The number of carbonyl (C=O) groups excluding carboxylic acids is 1. The summed E-state index contributed by atoms with van der Waals surface area (Å²) in [6.07, 6.45) is 11.2. The molecule has 0 aromatic carbocycles. The lowest BCUT2D eigenvalue weighted by molar-refractivity contribution is -0.596. The molecule has 2 aliphatic rings. The van der Waals surface area contributed by atoms with Gasteiger partial charge in [0, 0.05) is 30.6 Å². The molecule has 5 nitrogen and oxygen atoms in total. The minimum absolute atomic E-state index is 0.0186. The van der Waals surface area contributed by atoms with Crippen LogP contribution in [0.5, 0.6) is 0 Å². The van der Waals surface area contributed by atoms with Gasteiger partial charge in [-0.05, 0) is 48.1 Å². The van der Waals surface area contributed by atoms with Gasteiger partial charge >= 0.3 is 11.7 Å². The van der Waals surface area contributed by atoms with Crippen LogP contribution in [0.3, 0.4) is 0 Å². The van der Waals surface area contributed by atoms with Gasteiger partial charge in [0.1, 0.15) is 11.9 Å². The number of pyridine rings is 2. The maximum absolute atomic E-state index is 13.6. The Kier molecular flexibility index (Phi) is 3.67. The van der Waals surface area contributed by atoms with Crippen molar-refractivity contribution in [3.63, 3.8) is 0 Å². The van der Waals surface area contributed by atoms with Gasteiger partial charge in [0.2, 0.25) is 0 Å². The van der Waals surface area contributed by atoms with Crippen LogP contribution in [0.4, 0.5) is 0 Å². The number of aromatic nitrogens is 3. The van der Waals surface area contributed by atoms with E-state index in [1.165, 1.54) is 19.3 Å². The highest BCUT2D eigenvalue weighted by molar-refractivity contribution is 5.91. The van der Waals surface area contributed by atoms with Crippen molar-refractivity contribution >= 4 is 11.4 Å². The van der Waals surface area contributed by atoms with Crippen LogP contribution in [-0.2, 0) is 0 Å². The first kappa shape index (κ1) is 17.4. The van der Waals surface area contributed by atoms with E-state index in [1.54, 1.807) is 12.4 Å². The molecule has 0 aliphatic heterocycles. The zero-order valence-electron chi connectivity index (χ0n) is 16.7. The molecule has 0 saturated heterocycles. The van der Waals surface area contributed by atoms with Crippen LogP contribution in [0.25, 0.3) is 11.2 Å². The molecule has 2 fully saturated rings. The molecule has 3 aromatic rings. The number of hydrogen-bond donors (Lipinski definition) is 1. The van der Waals surface area contributed by atoms with Gasteiger partial charge in [-0.25, -0.2) is 0 Å². The number of amides is 1. The third-order valence-electron chi connectivity index (χ3n) is 7.30. The topological polar surface area (TPSA) is 50.3 Å². The molecular weight excluding hydrogens is 348 g/mol. The van der Waals surface area contributed by atoms with Gasteiger partial charge < -0.3 is 5.32 Å². The summed E-state index contributed by atoms with van der Waals surface area (Å²) >= 11 is 0. The molecule has 3 heterocycles. The zero-order chi connectivity index (χ0) is 19.5. The van der Waals surface area contributed by atoms with Crippen molar-refractivity contribution in [3.8, 4) is 5.69 Å². The molecule has 1 amide bonds. The van der Waals surface area contributed by atoms with E-state index in [0.717, 1.165) is 11.2 Å². The third kappa shape index (κ3) is 2.42. The van der Waals surface area contributed by atoms with Crippen molar-refractivity contribution in [2.45, 2.75) is 46.1 Å². The van der Waals surface area contributed by atoms with Gasteiger partial charge in [0.25, 0.3) is 0 Å². The van der Waals surface area contributed by atoms with Gasteiger partial charge in [0.15, 0.2) is 5.52 Å². The Morgan fingerprint density at radius 2 is 2.00 bits per heavy atom. The molecule has 0 unspecified atom stereocenters. The lowest BCUT2D eigenvalue weighted by Crippen LogP contribution is -2.54. The minimum atomic E-state index is -0.0186. The first-order valence-corrected chi connectivity index (χ1v) is 10.1. The fraction of sp³-hybridized carbons (Fsp3) is 0.435. The first-order chi connectivity index (χ1) is 13.4. The fourth-order valence-corrected chi connectivity index (χ4v) is 5.84. The predicted molar refractivity (Wildman–Crippen MR) is 107 cm³/mol. The molecule has 1 N–H and O–H groups in total. The number of imidazole rings is 1. The zero-order valence-corrected chi connectivity index (χ0v) is 16.7. The summed E-state index contributed by atoms with van der Waals surface area (Å²) in [5, 5.41) is 3.45. The van der Waals surface area contributed by atoms with Gasteiger partial charge in [-0.3, -0.25) is 9.78 Å². The van der Waals surface area contributed by atoms with Crippen LogP contribution >= 0.6 is 0 Å². The predicted octanol–water partition coefficient (Wildman–Crippen LogP) is 3.56. The molecule has 3 aromatic heterocycles. The second kappa shape index (κ2) is 5.90. The second-order valence-electron chi connectivity index (χ2n) is 9.35. The minimum Gasteiger partial charge on any atom is -0.342 e. The van der Waals surface area contributed by atoms with Crippen LogP contribution < -0.4 is 9.88 Å². The van der Waals surface area contributed by atoms with Crippen LogP contribution in [-0.4, -0.2) is 21.3 Å². The third-order valence-corrected chi connectivity index (χ3v) is 7.30. The Balaban J connectivity index is 1.59. The van der Waals surface area contributed by atoms with Crippen LogP contribution in [0.1, 0.15) is 50.7 Å². The van der Waals surface area contributed by atoms with Gasteiger partial charge in [0.05, 0.1) is 6.20 Å². The maximum Gasteiger partial charge on any atom is 0.358 e. The van der Waals surface area contributed by atoms with Crippen molar-refractivity contribution in [2.24, 2.45) is 16.7 Å². The summed E-state index contributed by atoms with van der Waals surface area (Å²) in [5.41, 5.74) is 2.24. The number of fused-ring (bicyclic) bond motifs is 3. The van der Waals surface area contributed by atoms with E-state index in [4.69, 9.17) is 0 Å². The average molecular weight is 375 g/mol. The smallest absolute Gasteiger partial charge is 0.342 e. The second-order valence-corrected chi connectivity index (χ2v) is 9.35. The van der Waals surface area contributed by atoms with Crippen molar-refractivity contribution < 1.29 is 9.36 Å². The Bertz CT molecular complexity index is 1050. The van der Waals surface area contributed by atoms with Gasteiger partial charge in [-0.15, -0.1) is 0 Å². The van der Waals surface area contributed by atoms with Crippen molar-refractivity contribution in [1.82, 2.24) is 14.7 Å². The Morgan fingerprint density at radius 3 is 2.71 bits per heavy atom. The van der Waals surface area contributed by atoms with Crippen LogP contribution in [0.15, 0.2) is 55.1 Å². The summed E-state index contributed by atoms with van der Waals surface area (Å²) in [5.74, 6) is 1.30. The highest BCUT2D eigenvalue weighted by Gasteiger charge is 2.60. The average Bonchev–Trinajstić information content (AvgIpc) is 3.32. The lowest BCUT2D eigenvalue weighted by atomic mass is 9.68. The van der Waals surface area contributed by atoms with Crippen molar-refractivity contribution in [1.29, 1.82) is 0 Å². The Labute approximate surface area is 165 Å². The quantitative estimate of drug-likeness (QED) is 0.712. The van der Waals surface area contributed by atoms with Crippen LogP contribution in [0.2, 0.25) is 0 Å².